The van der Waals surface area contributed by atoms with E-state index in [0.29, 0.717) is 12.2 Å². The summed E-state index contributed by atoms with van der Waals surface area (Å²) in [7, 11) is 0. The fourth-order valence-electron chi connectivity index (χ4n) is 2.00. The Bertz CT molecular complexity index is 463. The minimum Gasteiger partial charge on any atom is -0.460 e. The molecule has 0 bridgehead atoms. The van der Waals surface area contributed by atoms with Gasteiger partial charge >= 0.3 is 5.97 Å². The first-order valence-corrected chi connectivity index (χ1v) is 6.63. The quantitative estimate of drug-likeness (QED) is 0.670. The lowest BCUT2D eigenvalue weighted by Crippen LogP contribution is -2.22. The number of hydrogen-bond acceptors (Lipinski definition) is 4. The Labute approximate surface area is 114 Å². The fraction of sp³-hybridized carbons (Fsp3) is 0.533. The number of rotatable bonds is 4. The third-order valence-corrected chi connectivity index (χ3v) is 2.90. The van der Waals surface area contributed by atoms with Crippen molar-refractivity contribution >= 4 is 11.7 Å². The summed E-state index contributed by atoms with van der Waals surface area (Å²) in [5.41, 5.74) is 2.71. The van der Waals surface area contributed by atoms with E-state index >= 15 is 0 Å². The zero-order valence-corrected chi connectivity index (χ0v) is 11.8. The van der Waals surface area contributed by atoms with Crippen LogP contribution in [0.15, 0.2) is 18.2 Å². The summed E-state index contributed by atoms with van der Waals surface area (Å²) in [6, 6.07) is 5.64. The monoisotopic (exact) mass is 263 g/mol. The topological polar surface area (TPSA) is 47.6 Å². The smallest absolute Gasteiger partial charge is 0.338 e. The number of carbonyl (C=O) groups is 1. The number of ether oxygens (including phenoxy) is 2. The van der Waals surface area contributed by atoms with Crippen LogP contribution in [-0.4, -0.2) is 31.3 Å². The van der Waals surface area contributed by atoms with Crippen LogP contribution in [-0.2, 0) is 15.9 Å². The molecule has 19 heavy (non-hydrogen) atoms. The standard InChI is InChI=1S/C15H21NO3/c1-15(2,3)19-9-8-18-14(17)12-4-5-13-11(10-12)6-7-16-13/h4-5,10,16H,6-9H2,1-3H3. The molecular formula is C15H21NO3. The minimum atomic E-state index is -0.285. The Hall–Kier alpha value is -1.55. The van der Waals surface area contributed by atoms with E-state index in [4.69, 9.17) is 9.47 Å². The van der Waals surface area contributed by atoms with E-state index in [2.05, 4.69) is 5.32 Å². The van der Waals surface area contributed by atoms with Gasteiger partial charge in [0.15, 0.2) is 0 Å². The second-order valence-corrected chi connectivity index (χ2v) is 5.65. The molecule has 4 nitrogen and oxygen atoms in total. The molecule has 0 radical (unpaired) electrons. The van der Waals surface area contributed by atoms with E-state index in [1.807, 2.05) is 32.9 Å². The van der Waals surface area contributed by atoms with E-state index in [0.717, 1.165) is 18.7 Å². The van der Waals surface area contributed by atoms with Crippen LogP contribution in [0.25, 0.3) is 0 Å². The Kier molecular flexibility index (Phi) is 4.10. The van der Waals surface area contributed by atoms with Crippen LogP contribution in [0.4, 0.5) is 5.69 Å². The predicted octanol–water partition coefficient (Wildman–Crippen LogP) is 2.63. The molecule has 1 aromatic rings. The number of fused-ring (bicyclic) bond motifs is 1. The third-order valence-electron chi connectivity index (χ3n) is 2.90. The van der Waals surface area contributed by atoms with Crippen molar-refractivity contribution in [3.63, 3.8) is 0 Å². The largest absolute Gasteiger partial charge is 0.460 e. The van der Waals surface area contributed by atoms with Crippen molar-refractivity contribution in [1.82, 2.24) is 0 Å². The van der Waals surface area contributed by atoms with Gasteiger partial charge < -0.3 is 14.8 Å². The van der Waals surface area contributed by atoms with Gasteiger partial charge in [-0.25, -0.2) is 4.79 Å². The van der Waals surface area contributed by atoms with Crippen molar-refractivity contribution in [2.45, 2.75) is 32.8 Å². The maximum atomic E-state index is 11.9. The summed E-state index contributed by atoms with van der Waals surface area (Å²) in [5, 5.41) is 3.26. The van der Waals surface area contributed by atoms with Crippen molar-refractivity contribution in [1.29, 1.82) is 0 Å². The van der Waals surface area contributed by atoms with Gasteiger partial charge in [0.1, 0.15) is 6.61 Å². The van der Waals surface area contributed by atoms with Gasteiger partial charge in [0, 0.05) is 12.2 Å². The van der Waals surface area contributed by atoms with Crippen molar-refractivity contribution in [2.24, 2.45) is 0 Å². The lowest BCUT2D eigenvalue weighted by molar-refractivity contribution is -0.0281. The van der Waals surface area contributed by atoms with Crippen LogP contribution in [0.1, 0.15) is 36.7 Å². The molecule has 104 valence electrons. The zero-order valence-electron chi connectivity index (χ0n) is 11.8. The molecule has 4 heteroatoms. The maximum Gasteiger partial charge on any atom is 0.338 e. The number of carbonyl (C=O) groups excluding carboxylic acids is 1. The molecule has 0 spiro atoms. The SMILES string of the molecule is CC(C)(C)OCCOC(=O)c1ccc2c(c1)CCN2. The first kappa shape index (κ1) is 13.9. The number of esters is 1. The van der Waals surface area contributed by atoms with Crippen molar-refractivity contribution in [3.05, 3.63) is 29.3 Å². The molecule has 1 aliphatic heterocycles. The number of anilines is 1. The second kappa shape index (κ2) is 5.61. The van der Waals surface area contributed by atoms with Crippen LogP contribution >= 0.6 is 0 Å². The predicted molar refractivity (Wildman–Crippen MR) is 74.6 cm³/mol. The van der Waals surface area contributed by atoms with Gasteiger partial charge in [-0.15, -0.1) is 0 Å². The highest BCUT2D eigenvalue weighted by atomic mass is 16.6. The molecule has 0 saturated heterocycles. The highest BCUT2D eigenvalue weighted by molar-refractivity contribution is 5.90. The maximum absolute atomic E-state index is 11.9. The summed E-state index contributed by atoms with van der Waals surface area (Å²) < 4.78 is 10.7. The van der Waals surface area contributed by atoms with Gasteiger partial charge in [-0.3, -0.25) is 0 Å². The average Bonchev–Trinajstić information content (AvgIpc) is 2.80. The molecule has 1 N–H and O–H groups in total. The Morgan fingerprint density at radius 2 is 2.11 bits per heavy atom. The number of hydrogen-bond donors (Lipinski definition) is 1. The molecule has 1 aliphatic rings. The summed E-state index contributed by atoms with van der Waals surface area (Å²) in [6.07, 6.45) is 0.962. The minimum absolute atomic E-state index is 0.203. The molecule has 0 unspecified atom stereocenters. The van der Waals surface area contributed by atoms with Gasteiger partial charge in [-0.05, 0) is 51.0 Å². The van der Waals surface area contributed by atoms with E-state index in [-0.39, 0.29) is 18.2 Å². The number of benzene rings is 1. The normalized spacial score (nSPS) is 13.8. The van der Waals surface area contributed by atoms with Crippen molar-refractivity contribution in [3.8, 4) is 0 Å². The summed E-state index contributed by atoms with van der Waals surface area (Å²) in [4.78, 5) is 11.9. The van der Waals surface area contributed by atoms with Gasteiger partial charge in [0.05, 0.1) is 17.8 Å². The molecule has 0 aliphatic carbocycles. The van der Waals surface area contributed by atoms with Crippen molar-refractivity contribution < 1.29 is 14.3 Å². The van der Waals surface area contributed by atoms with Gasteiger partial charge in [-0.2, -0.15) is 0 Å². The molecule has 0 atom stereocenters. The Morgan fingerprint density at radius 1 is 1.32 bits per heavy atom. The lowest BCUT2D eigenvalue weighted by Gasteiger charge is -2.19. The fourth-order valence-corrected chi connectivity index (χ4v) is 2.00. The van der Waals surface area contributed by atoms with E-state index in [1.165, 1.54) is 5.56 Å². The molecular weight excluding hydrogens is 242 g/mol. The van der Waals surface area contributed by atoms with Crippen LogP contribution in [0.3, 0.4) is 0 Å². The van der Waals surface area contributed by atoms with Crippen LogP contribution < -0.4 is 5.32 Å². The highest BCUT2D eigenvalue weighted by Crippen LogP contribution is 2.23. The Morgan fingerprint density at radius 3 is 2.84 bits per heavy atom. The van der Waals surface area contributed by atoms with E-state index in [1.54, 1.807) is 6.07 Å². The van der Waals surface area contributed by atoms with E-state index in [9.17, 15) is 4.79 Å². The molecule has 0 fully saturated rings. The zero-order chi connectivity index (χ0) is 13.9. The second-order valence-electron chi connectivity index (χ2n) is 5.65. The van der Waals surface area contributed by atoms with Crippen LogP contribution in [0.2, 0.25) is 0 Å². The molecule has 0 saturated carbocycles. The first-order valence-electron chi connectivity index (χ1n) is 6.63. The molecule has 1 aromatic carbocycles. The number of nitrogens with one attached hydrogen (secondary N) is 1. The summed E-state index contributed by atoms with van der Waals surface area (Å²) >= 11 is 0. The van der Waals surface area contributed by atoms with Crippen molar-refractivity contribution in [2.75, 3.05) is 25.1 Å². The van der Waals surface area contributed by atoms with Gasteiger partial charge in [0.2, 0.25) is 0 Å². The summed E-state index contributed by atoms with van der Waals surface area (Å²) in [6.45, 7) is 7.56. The molecule has 0 amide bonds. The van der Waals surface area contributed by atoms with Crippen LogP contribution in [0, 0.1) is 0 Å². The third kappa shape index (κ3) is 3.96. The van der Waals surface area contributed by atoms with Crippen LogP contribution in [0.5, 0.6) is 0 Å². The Balaban J connectivity index is 1.83. The molecule has 2 rings (SSSR count). The average molecular weight is 263 g/mol. The van der Waals surface area contributed by atoms with E-state index < -0.39 is 0 Å². The van der Waals surface area contributed by atoms with Gasteiger partial charge in [-0.1, -0.05) is 0 Å². The lowest BCUT2D eigenvalue weighted by atomic mass is 10.1. The summed E-state index contributed by atoms with van der Waals surface area (Å²) in [5.74, 6) is -0.285. The first-order chi connectivity index (χ1) is 8.96. The highest BCUT2D eigenvalue weighted by Gasteiger charge is 2.15. The molecule has 0 aromatic heterocycles. The molecule has 1 heterocycles. The van der Waals surface area contributed by atoms with Gasteiger partial charge in [0.25, 0.3) is 0 Å².